The third kappa shape index (κ3) is 3.61. The summed E-state index contributed by atoms with van der Waals surface area (Å²) < 4.78 is 2.11. The number of aromatic nitrogens is 2. The van der Waals surface area contributed by atoms with E-state index in [0.717, 1.165) is 43.7 Å². The lowest BCUT2D eigenvalue weighted by atomic mass is 10.2. The molecule has 0 radical (unpaired) electrons. The molecule has 0 saturated heterocycles. The third-order valence-electron chi connectivity index (χ3n) is 3.82. The largest absolute Gasteiger partial charge is 0.353 e. The molecule has 1 saturated carbocycles. The number of aryl methyl sites for hydroxylation is 1. The number of pyridine rings is 1. The Hall–Kier alpha value is -1.88. The molecule has 1 fully saturated rings. The highest BCUT2D eigenvalue weighted by molar-refractivity contribution is 5.76. The van der Waals surface area contributed by atoms with Gasteiger partial charge in [0.2, 0.25) is 5.91 Å². The van der Waals surface area contributed by atoms with Crippen LogP contribution in [0.2, 0.25) is 0 Å². The zero-order valence-corrected chi connectivity index (χ0v) is 12.4. The van der Waals surface area contributed by atoms with Crippen molar-refractivity contribution in [1.82, 2.24) is 20.0 Å². The van der Waals surface area contributed by atoms with Gasteiger partial charge in [0.05, 0.1) is 11.4 Å². The molecule has 2 heterocycles. The van der Waals surface area contributed by atoms with E-state index in [4.69, 9.17) is 0 Å². The van der Waals surface area contributed by atoms with Crippen LogP contribution in [0.25, 0.3) is 5.65 Å². The lowest BCUT2D eigenvalue weighted by Crippen LogP contribution is -2.26. The second-order valence-corrected chi connectivity index (χ2v) is 5.69. The molecule has 21 heavy (non-hydrogen) atoms. The van der Waals surface area contributed by atoms with Gasteiger partial charge >= 0.3 is 0 Å². The van der Waals surface area contributed by atoms with Gasteiger partial charge in [-0.2, -0.15) is 0 Å². The average Bonchev–Trinajstić information content (AvgIpc) is 3.21. The minimum atomic E-state index is 0.185. The van der Waals surface area contributed by atoms with Gasteiger partial charge in [0.15, 0.2) is 0 Å². The number of carbonyl (C=O) groups excluding carboxylic acids is 1. The first-order chi connectivity index (χ1) is 10.2. The fourth-order valence-corrected chi connectivity index (χ4v) is 2.49. The Morgan fingerprint density at radius 2 is 2.29 bits per heavy atom. The van der Waals surface area contributed by atoms with Crippen LogP contribution < -0.4 is 10.6 Å². The molecule has 3 rings (SSSR count). The summed E-state index contributed by atoms with van der Waals surface area (Å²) in [6, 6.07) is 6.49. The number of nitrogens with zero attached hydrogens (tertiary/aromatic N) is 2. The van der Waals surface area contributed by atoms with E-state index in [1.54, 1.807) is 0 Å². The Morgan fingerprint density at radius 1 is 1.43 bits per heavy atom. The van der Waals surface area contributed by atoms with Gasteiger partial charge in [0, 0.05) is 25.2 Å². The topological polar surface area (TPSA) is 58.4 Å². The molecule has 0 unspecified atom stereocenters. The first-order valence-electron chi connectivity index (χ1n) is 7.66. The predicted molar refractivity (Wildman–Crippen MR) is 82.0 cm³/mol. The first-order valence-corrected chi connectivity index (χ1v) is 7.66. The quantitative estimate of drug-likeness (QED) is 0.763. The molecule has 2 aromatic heterocycles. The standard InChI is InChI=1S/C16H22N4O/c1-12-14(20-10-3-2-5-15(20)18-12)11-17-9-4-6-16(21)19-13-7-8-13/h2-3,5,10,13,17H,4,6-9,11H2,1H3,(H,19,21). The fourth-order valence-electron chi connectivity index (χ4n) is 2.49. The van der Waals surface area contributed by atoms with Gasteiger partial charge in [-0.15, -0.1) is 0 Å². The molecule has 1 aliphatic rings. The van der Waals surface area contributed by atoms with Crippen LogP contribution in [-0.4, -0.2) is 27.9 Å². The molecule has 0 aromatic carbocycles. The molecule has 0 atom stereocenters. The normalized spacial score (nSPS) is 14.5. The number of fused-ring (bicyclic) bond motifs is 1. The minimum absolute atomic E-state index is 0.185. The number of hydrogen-bond acceptors (Lipinski definition) is 3. The number of rotatable bonds is 7. The maximum absolute atomic E-state index is 11.6. The summed E-state index contributed by atoms with van der Waals surface area (Å²) in [5, 5.41) is 6.42. The van der Waals surface area contributed by atoms with Gasteiger partial charge < -0.3 is 15.0 Å². The van der Waals surface area contributed by atoms with Gasteiger partial charge in [-0.1, -0.05) is 6.07 Å². The highest BCUT2D eigenvalue weighted by atomic mass is 16.1. The van der Waals surface area contributed by atoms with E-state index in [-0.39, 0.29) is 5.91 Å². The Bertz CT molecular complexity index is 630. The summed E-state index contributed by atoms with van der Waals surface area (Å²) in [6.07, 6.45) is 5.81. The van der Waals surface area contributed by atoms with Crippen LogP contribution in [0.3, 0.4) is 0 Å². The van der Waals surface area contributed by atoms with Crippen LogP contribution in [-0.2, 0) is 11.3 Å². The van der Waals surface area contributed by atoms with E-state index in [0.29, 0.717) is 12.5 Å². The van der Waals surface area contributed by atoms with Gasteiger partial charge in [0.25, 0.3) is 0 Å². The van der Waals surface area contributed by atoms with Crippen molar-refractivity contribution in [2.24, 2.45) is 0 Å². The lowest BCUT2D eigenvalue weighted by molar-refractivity contribution is -0.121. The summed E-state index contributed by atoms with van der Waals surface area (Å²) in [4.78, 5) is 16.1. The first kappa shape index (κ1) is 14.1. The van der Waals surface area contributed by atoms with Crippen molar-refractivity contribution in [3.8, 4) is 0 Å². The van der Waals surface area contributed by atoms with Gasteiger partial charge in [-0.05, 0) is 44.9 Å². The summed E-state index contributed by atoms with van der Waals surface area (Å²) in [7, 11) is 0. The SMILES string of the molecule is Cc1nc2ccccn2c1CNCCCC(=O)NC1CC1. The smallest absolute Gasteiger partial charge is 0.220 e. The van der Waals surface area contributed by atoms with Crippen molar-refractivity contribution in [2.45, 2.75) is 45.2 Å². The van der Waals surface area contributed by atoms with Crippen molar-refractivity contribution in [3.63, 3.8) is 0 Å². The van der Waals surface area contributed by atoms with Crippen molar-refractivity contribution < 1.29 is 4.79 Å². The maximum atomic E-state index is 11.6. The molecular formula is C16H22N4O. The zero-order chi connectivity index (χ0) is 14.7. The van der Waals surface area contributed by atoms with Gasteiger partial charge in [-0.25, -0.2) is 4.98 Å². The molecule has 0 bridgehead atoms. The maximum Gasteiger partial charge on any atom is 0.220 e. The molecule has 0 spiro atoms. The summed E-state index contributed by atoms with van der Waals surface area (Å²) in [5.41, 5.74) is 3.23. The van der Waals surface area contributed by atoms with E-state index in [2.05, 4.69) is 20.0 Å². The number of hydrogen-bond donors (Lipinski definition) is 2. The van der Waals surface area contributed by atoms with Crippen molar-refractivity contribution in [3.05, 3.63) is 35.8 Å². The summed E-state index contributed by atoms with van der Waals surface area (Å²) in [5.74, 6) is 0.185. The third-order valence-corrected chi connectivity index (χ3v) is 3.82. The highest BCUT2D eigenvalue weighted by Crippen LogP contribution is 2.18. The predicted octanol–water partition coefficient (Wildman–Crippen LogP) is 1.79. The van der Waals surface area contributed by atoms with Crippen LogP contribution in [0.4, 0.5) is 0 Å². The molecule has 5 nitrogen and oxygen atoms in total. The van der Waals surface area contributed by atoms with E-state index >= 15 is 0 Å². The molecule has 0 aliphatic heterocycles. The summed E-state index contributed by atoms with van der Waals surface area (Å²) >= 11 is 0. The molecule has 112 valence electrons. The van der Waals surface area contributed by atoms with Crippen molar-refractivity contribution in [2.75, 3.05) is 6.54 Å². The lowest BCUT2D eigenvalue weighted by Gasteiger charge is -2.06. The number of carbonyl (C=O) groups is 1. The number of nitrogens with one attached hydrogen (secondary N) is 2. The molecule has 5 heteroatoms. The Labute approximate surface area is 124 Å². The Balaban J connectivity index is 1.44. The van der Waals surface area contributed by atoms with E-state index in [1.165, 1.54) is 5.69 Å². The van der Waals surface area contributed by atoms with Gasteiger partial charge in [0.1, 0.15) is 5.65 Å². The van der Waals surface area contributed by atoms with E-state index < -0.39 is 0 Å². The molecule has 2 aromatic rings. The van der Waals surface area contributed by atoms with Gasteiger partial charge in [-0.3, -0.25) is 4.79 Å². The molecular weight excluding hydrogens is 264 g/mol. The second-order valence-electron chi connectivity index (χ2n) is 5.69. The average molecular weight is 286 g/mol. The van der Waals surface area contributed by atoms with Crippen LogP contribution in [0.5, 0.6) is 0 Å². The van der Waals surface area contributed by atoms with Crippen molar-refractivity contribution in [1.29, 1.82) is 0 Å². The van der Waals surface area contributed by atoms with Crippen molar-refractivity contribution >= 4 is 11.6 Å². The highest BCUT2D eigenvalue weighted by Gasteiger charge is 2.22. The van der Waals surface area contributed by atoms with E-state index in [1.807, 2.05) is 31.3 Å². The fraction of sp³-hybridized carbons (Fsp3) is 0.500. The number of amides is 1. The van der Waals surface area contributed by atoms with E-state index in [9.17, 15) is 4.79 Å². The van der Waals surface area contributed by atoms with Crippen LogP contribution in [0.1, 0.15) is 37.1 Å². The number of imidazole rings is 1. The minimum Gasteiger partial charge on any atom is -0.353 e. The van der Waals surface area contributed by atoms with Crippen LogP contribution in [0.15, 0.2) is 24.4 Å². The molecule has 2 N–H and O–H groups in total. The van der Waals surface area contributed by atoms with Crippen LogP contribution >= 0.6 is 0 Å². The molecule has 1 amide bonds. The monoisotopic (exact) mass is 286 g/mol. The zero-order valence-electron chi connectivity index (χ0n) is 12.4. The Morgan fingerprint density at radius 3 is 3.10 bits per heavy atom. The van der Waals surface area contributed by atoms with Crippen LogP contribution in [0, 0.1) is 6.92 Å². The molecule has 1 aliphatic carbocycles. The second kappa shape index (κ2) is 6.26. The summed E-state index contributed by atoms with van der Waals surface area (Å²) in [6.45, 7) is 3.66. The Kier molecular flexibility index (Phi) is 4.20.